The summed E-state index contributed by atoms with van der Waals surface area (Å²) in [6, 6.07) is 15.9. The number of rotatable bonds is 6. The zero-order valence-electron chi connectivity index (χ0n) is 16.7. The van der Waals surface area contributed by atoms with Gasteiger partial charge in [-0.1, -0.05) is 36.4 Å². The number of hydrogen-bond donors (Lipinski definition) is 3. The van der Waals surface area contributed by atoms with E-state index in [-0.39, 0.29) is 13.0 Å². The van der Waals surface area contributed by atoms with Crippen LogP contribution in [-0.2, 0) is 4.79 Å². The average Bonchev–Trinajstić information content (AvgIpc) is 2.92. The van der Waals surface area contributed by atoms with E-state index in [0.717, 1.165) is 0 Å². The maximum Gasteiger partial charge on any atom is 0.347 e. The van der Waals surface area contributed by atoms with Crippen molar-refractivity contribution in [2.75, 3.05) is 16.8 Å². The molecule has 0 aliphatic carbocycles. The lowest BCUT2D eigenvalue weighted by Gasteiger charge is -2.38. The molecule has 1 fully saturated rings. The number of nitrogens with one attached hydrogen (secondary N) is 1. The van der Waals surface area contributed by atoms with Crippen LogP contribution >= 0.6 is 0 Å². The highest BCUT2D eigenvalue weighted by Crippen LogP contribution is 2.37. The Morgan fingerprint density at radius 3 is 2.20 bits per heavy atom. The molecule has 1 aliphatic rings. The Hall–Kier alpha value is -3.59. The van der Waals surface area contributed by atoms with E-state index in [2.05, 4.69) is 5.32 Å². The number of carboxylic acids is 1. The SMILES string of the molecule is CC1(C)C(N(O)C(=O)Nc2ccccc2)N(c2ccccc2)C(=O)N1CCC(=O)O. The van der Waals surface area contributed by atoms with Crippen molar-refractivity contribution in [1.29, 1.82) is 0 Å². The van der Waals surface area contributed by atoms with E-state index in [4.69, 9.17) is 5.11 Å². The Bertz CT molecular complexity index is 920. The first-order chi connectivity index (χ1) is 14.2. The summed E-state index contributed by atoms with van der Waals surface area (Å²) >= 11 is 0. The van der Waals surface area contributed by atoms with E-state index >= 15 is 0 Å². The highest BCUT2D eigenvalue weighted by Gasteiger charge is 2.55. The fourth-order valence-corrected chi connectivity index (χ4v) is 3.59. The van der Waals surface area contributed by atoms with E-state index in [1.165, 1.54) is 9.80 Å². The van der Waals surface area contributed by atoms with Crippen LogP contribution in [0.4, 0.5) is 21.0 Å². The number of aliphatic carboxylic acids is 1. The van der Waals surface area contributed by atoms with Crippen molar-refractivity contribution in [3.8, 4) is 0 Å². The summed E-state index contributed by atoms with van der Waals surface area (Å²) < 4.78 is 0. The Labute approximate surface area is 174 Å². The smallest absolute Gasteiger partial charge is 0.347 e. The number of carboxylic acid groups (broad SMARTS) is 1. The number of urea groups is 2. The first-order valence-corrected chi connectivity index (χ1v) is 9.45. The second-order valence-corrected chi connectivity index (χ2v) is 7.45. The van der Waals surface area contributed by atoms with Crippen LogP contribution in [0.25, 0.3) is 0 Å². The summed E-state index contributed by atoms with van der Waals surface area (Å²) in [5.41, 5.74) is -0.117. The van der Waals surface area contributed by atoms with Gasteiger partial charge in [-0.25, -0.2) is 9.59 Å². The maximum absolute atomic E-state index is 13.2. The molecule has 2 aromatic carbocycles. The topological polar surface area (TPSA) is 113 Å². The van der Waals surface area contributed by atoms with Gasteiger partial charge in [0.25, 0.3) is 0 Å². The minimum Gasteiger partial charge on any atom is -0.481 e. The molecule has 0 aromatic heterocycles. The molecule has 9 nitrogen and oxygen atoms in total. The highest BCUT2D eigenvalue weighted by atomic mass is 16.5. The molecule has 1 atom stereocenters. The van der Waals surface area contributed by atoms with Crippen molar-refractivity contribution in [3.63, 3.8) is 0 Å². The van der Waals surface area contributed by atoms with Gasteiger partial charge >= 0.3 is 18.0 Å². The number of anilines is 2. The largest absolute Gasteiger partial charge is 0.481 e. The summed E-state index contributed by atoms with van der Waals surface area (Å²) in [6.45, 7) is 3.30. The molecule has 4 amide bonds. The molecule has 3 N–H and O–H groups in total. The van der Waals surface area contributed by atoms with Crippen molar-refractivity contribution in [3.05, 3.63) is 60.7 Å². The van der Waals surface area contributed by atoms with Gasteiger partial charge in [-0.2, -0.15) is 5.06 Å². The van der Waals surface area contributed by atoms with Crippen LogP contribution in [0.1, 0.15) is 20.3 Å². The fourth-order valence-electron chi connectivity index (χ4n) is 3.59. The van der Waals surface area contributed by atoms with Gasteiger partial charge in [0.05, 0.1) is 12.0 Å². The second kappa shape index (κ2) is 8.42. The number of carbonyl (C=O) groups excluding carboxylic acids is 2. The summed E-state index contributed by atoms with van der Waals surface area (Å²) in [5, 5.41) is 23.0. The zero-order valence-corrected chi connectivity index (χ0v) is 16.7. The van der Waals surface area contributed by atoms with E-state index in [0.29, 0.717) is 16.4 Å². The van der Waals surface area contributed by atoms with Gasteiger partial charge in [0, 0.05) is 17.9 Å². The van der Waals surface area contributed by atoms with Crippen LogP contribution < -0.4 is 10.2 Å². The Morgan fingerprint density at radius 2 is 1.63 bits per heavy atom. The van der Waals surface area contributed by atoms with Gasteiger partial charge < -0.3 is 15.3 Å². The van der Waals surface area contributed by atoms with Gasteiger partial charge in [0.2, 0.25) is 0 Å². The lowest BCUT2D eigenvalue weighted by Crippen LogP contribution is -2.58. The molecule has 2 aromatic rings. The fraction of sp³-hybridized carbons (Fsp3) is 0.286. The summed E-state index contributed by atoms with van der Waals surface area (Å²) in [6.07, 6.45) is -1.35. The lowest BCUT2D eigenvalue weighted by molar-refractivity contribution is -0.137. The van der Waals surface area contributed by atoms with Crippen LogP contribution in [0.15, 0.2) is 60.7 Å². The summed E-state index contributed by atoms with van der Waals surface area (Å²) in [4.78, 5) is 39.7. The normalized spacial score (nSPS) is 17.7. The molecule has 1 heterocycles. The van der Waals surface area contributed by atoms with Crippen LogP contribution in [0, 0.1) is 0 Å². The van der Waals surface area contributed by atoms with E-state index in [1.807, 2.05) is 0 Å². The van der Waals surface area contributed by atoms with Gasteiger partial charge in [0.1, 0.15) is 0 Å². The third-order valence-electron chi connectivity index (χ3n) is 5.06. The van der Waals surface area contributed by atoms with Crippen LogP contribution in [0.3, 0.4) is 0 Å². The lowest BCUT2D eigenvalue weighted by atomic mass is 9.99. The molecule has 1 unspecified atom stereocenters. The zero-order chi connectivity index (χ0) is 21.9. The number of hydrogen-bond acceptors (Lipinski definition) is 4. The Morgan fingerprint density at radius 1 is 1.07 bits per heavy atom. The second-order valence-electron chi connectivity index (χ2n) is 7.45. The maximum atomic E-state index is 13.2. The van der Waals surface area contributed by atoms with Crippen molar-refractivity contribution >= 4 is 29.4 Å². The molecule has 0 bridgehead atoms. The van der Waals surface area contributed by atoms with Crippen molar-refractivity contribution in [1.82, 2.24) is 9.96 Å². The van der Waals surface area contributed by atoms with E-state index in [1.54, 1.807) is 74.5 Å². The molecular weight excluding hydrogens is 388 g/mol. The molecule has 0 radical (unpaired) electrons. The molecule has 0 saturated carbocycles. The molecule has 0 spiro atoms. The highest BCUT2D eigenvalue weighted by molar-refractivity contribution is 5.98. The predicted molar refractivity (Wildman–Crippen MR) is 110 cm³/mol. The third kappa shape index (κ3) is 4.06. The number of carbonyl (C=O) groups is 3. The van der Waals surface area contributed by atoms with E-state index < -0.39 is 29.7 Å². The third-order valence-corrected chi connectivity index (χ3v) is 5.06. The number of benzene rings is 2. The first-order valence-electron chi connectivity index (χ1n) is 9.45. The molecule has 1 saturated heterocycles. The monoisotopic (exact) mass is 412 g/mol. The number of nitrogens with zero attached hydrogens (tertiary/aromatic N) is 3. The average molecular weight is 412 g/mol. The van der Waals surface area contributed by atoms with Gasteiger partial charge in [-0.15, -0.1) is 0 Å². The van der Waals surface area contributed by atoms with Crippen molar-refractivity contribution in [2.45, 2.75) is 32.0 Å². The van der Waals surface area contributed by atoms with Gasteiger partial charge in [0.15, 0.2) is 6.17 Å². The number of hydroxylamine groups is 2. The summed E-state index contributed by atoms with van der Waals surface area (Å²) in [5.74, 6) is -1.05. The van der Waals surface area contributed by atoms with Gasteiger partial charge in [-0.05, 0) is 38.1 Å². The number of para-hydroxylation sites is 2. The van der Waals surface area contributed by atoms with Gasteiger partial charge in [-0.3, -0.25) is 14.9 Å². The van der Waals surface area contributed by atoms with Crippen molar-refractivity contribution in [2.24, 2.45) is 0 Å². The quantitative estimate of drug-likeness (QED) is 0.497. The summed E-state index contributed by atoms with van der Waals surface area (Å²) in [7, 11) is 0. The first kappa shape index (κ1) is 21.1. The van der Waals surface area contributed by atoms with Crippen molar-refractivity contribution < 1.29 is 24.7 Å². The predicted octanol–water partition coefficient (Wildman–Crippen LogP) is 3.43. The molecule has 9 heteroatoms. The Kier molecular flexibility index (Phi) is 5.93. The van der Waals surface area contributed by atoms with E-state index in [9.17, 15) is 19.6 Å². The molecular formula is C21H24N4O5. The minimum absolute atomic E-state index is 0.0604. The molecule has 1 aliphatic heterocycles. The minimum atomic E-state index is -1.09. The van der Waals surface area contributed by atoms with Crippen LogP contribution in [0.2, 0.25) is 0 Å². The number of amides is 4. The Balaban J connectivity index is 1.95. The van der Waals surface area contributed by atoms with Crippen LogP contribution in [-0.4, -0.2) is 56.6 Å². The standard InChI is InChI=1S/C21H24N4O5/c1-21(2)18(25(30)19(28)22-15-9-5-3-6-10-15)24(16-11-7-4-8-12-16)20(29)23(21)14-13-17(26)27/h3-12,18,30H,13-14H2,1-2H3,(H,22,28)(H,26,27). The molecule has 3 rings (SSSR count). The molecule has 158 valence electrons. The molecule has 30 heavy (non-hydrogen) atoms. The van der Waals surface area contributed by atoms with Crippen LogP contribution in [0.5, 0.6) is 0 Å².